The van der Waals surface area contributed by atoms with Gasteiger partial charge in [0.15, 0.2) is 0 Å². The van der Waals surface area contributed by atoms with E-state index in [9.17, 15) is 19.2 Å². The van der Waals surface area contributed by atoms with E-state index >= 15 is 0 Å². The second-order valence-corrected chi connectivity index (χ2v) is 4.88. The van der Waals surface area contributed by atoms with Crippen molar-refractivity contribution in [3.63, 3.8) is 0 Å². The van der Waals surface area contributed by atoms with E-state index in [0.29, 0.717) is 0 Å². The zero-order valence-electron chi connectivity index (χ0n) is 14.7. The maximum atomic E-state index is 11.9. The topological polar surface area (TPSA) is 134 Å². The average Bonchev–Trinajstić information content (AvgIpc) is 2.55. The van der Waals surface area contributed by atoms with Crippen LogP contribution in [0.25, 0.3) is 0 Å². The summed E-state index contributed by atoms with van der Waals surface area (Å²) in [6, 6.07) is -1.88. The van der Waals surface area contributed by atoms with E-state index in [1.54, 1.807) is 13.8 Å². The fraction of sp³-hybridized carbons (Fsp3) is 0.733. The number of hydrogen-bond donors (Lipinski definition) is 2. The van der Waals surface area contributed by atoms with Crippen LogP contribution in [0.4, 0.5) is 0 Å². The Kier molecular flexibility index (Phi) is 14.7. The molecule has 0 aliphatic rings. The molecule has 0 rings (SSSR count). The first-order valence-corrected chi connectivity index (χ1v) is 7.80. The van der Waals surface area contributed by atoms with Gasteiger partial charge in [0.25, 0.3) is 0 Å². The molecular weight excluding hydrogens is 356 g/mol. The number of halogens is 1. The van der Waals surface area contributed by atoms with Gasteiger partial charge in [0.05, 0.1) is 20.3 Å². The van der Waals surface area contributed by atoms with E-state index in [1.807, 2.05) is 0 Å². The molecule has 146 valence electrons. The number of ether oxygens (including phenoxy) is 3. The Balaban J connectivity index is 0. The lowest BCUT2D eigenvalue weighted by Gasteiger charge is -2.17. The number of nitrogens with two attached hydrogens (primary N) is 1. The van der Waals surface area contributed by atoms with Gasteiger partial charge < -0.3 is 25.3 Å². The highest BCUT2D eigenvalue weighted by Gasteiger charge is 2.24. The summed E-state index contributed by atoms with van der Waals surface area (Å²) < 4.78 is 14.1. The van der Waals surface area contributed by atoms with Crippen LogP contribution in [0.5, 0.6) is 0 Å². The fourth-order valence-corrected chi connectivity index (χ4v) is 1.81. The lowest BCUT2D eigenvalue weighted by Crippen LogP contribution is -2.43. The van der Waals surface area contributed by atoms with Crippen molar-refractivity contribution >= 4 is 36.2 Å². The molecule has 25 heavy (non-hydrogen) atoms. The molecular formula is C15H27ClN2O7. The molecule has 0 aromatic carbocycles. The Labute approximate surface area is 153 Å². The quantitative estimate of drug-likeness (QED) is 0.379. The minimum Gasteiger partial charge on any atom is -0.468 e. The van der Waals surface area contributed by atoms with Crippen molar-refractivity contribution in [1.82, 2.24) is 5.32 Å². The van der Waals surface area contributed by atoms with Crippen molar-refractivity contribution in [2.24, 2.45) is 5.73 Å². The molecule has 0 aromatic rings. The molecule has 2 atom stereocenters. The Morgan fingerprint density at radius 3 is 2.08 bits per heavy atom. The lowest BCUT2D eigenvalue weighted by molar-refractivity contribution is -0.149. The second-order valence-electron chi connectivity index (χ2n) is 4.88. The highest BCUT2D eigenvalue weighted by molar-refractivity contribution is 5.86. The number of methoxy groups -OCH3 is 1. The zero-order chi connectivity index (χ0) is 18.5. The normalized spacial score (nSPS) is 12.2. The van der Waals surface area contributed by atoms with Crippen LogP contribution in [0.3, 0.4) is 0 Å². The molecule has 0 aliphatic heterocycles. The van der Waals surface area contributed by atoms with Crippen LogP contribution in [-0.2, 0) is 33.4 Å². The van der Waals surface area contributed by atoms with Crippen molar-refractivity contribution < 1.29 is 33.4 Å². The first-order chi connectivity index (χ1) is 11.3. The van der Waals surface area contributed by atoms with E-state index in [1.165, 1.54) is 7.11 Å². The van der Waals surface area contributed by atoms with E-state index in [0.717, 1.165) is 0 Å². The summed E-state index contributed by atoms with van der Waals surface area (Å²) in [6.07, 6.45) is 0.0449. The highest BCUT2D eigenvalue weighted by atomic mass is 35.5. The maximum Gasteiger partial charge on any atom is 0.328 e. The smallest absolute Gasteiger partial charge is 0.328 e. The predicted octanol–water partition coefficient (Wildman–Crippen LogP) is 0.0799. The minimum atomic E-state index is -0.962. The monoisotopic (exact) mass is 382 g/mol. The Hall–Kier alpha value is -1.87. The van der Waals surface area contributed by atoms with Crippen LogP contribution >= 0.6 is 12.4 Å². The van der Waals surface area contributed by atoms with Gasteiger partial charge in [-0.25, -0.2) is 4.79 Å². The van der Waals surface area contributed by atoms with Gasteiger partial charge in [0, 0.05) is 12.8 Å². The number of hydrogen-bond acceptors (Lipinski definition) is 8. The summed E-state index contributed by atoms with van der Waals surface area (Å²) >= 11 is 0. The molecule has 10 heteroatoms. The molecule has 0 heterocycles. The molecule has 0 aliphatic carbocycles. The van der Waals surface area contributed by atoms with Crippen LogP contribution in [0, 0.1) is 0 Å². The van der Waals surface area contributed by atoms with Crippen LogP contribution in [0.15, 0.2) is 0 Å². The van der Waals surface area contributed by atoms with Crippen LogP contribution < -0.4 is 11.1 Å². The summed E-state index contributed by atoms with van der Waals surface area (Å²) in [4.78, 5) is 46.3. The second kappa shape index (κ2) is 14.5. The van der Waals surface area contributed by atoms with Gasteiger partial charge >= 0.3 is 17.9 Å². The Morgan fingerprint density at radius 2 is 1.56 bits per heavy atom. The molecule has 1 amide bonds. The summed E-state index contributed by atoms with van der Waals surface area (Å²) in [5.41, 5.74) is 5.54. The van der Waals surface area contributed by atoms with E-state index in [4.69, 9.17) is 15.2 Å². The Morgan fingerprint density at radius 1 is 0.960 bits per heavy atom. The number of carbonyl (C=O) groups excluding carboxylic acids is 4. The number of esters is 3. The Bertz CT molecular complexity index is 446. The van der Waals surface area contributed by atoms with Gasteiger partial charge in [-0.15, -0.1) is 12.4 Å². The molecule has 0 radical (unpaired) electrons. The molecule has 3 N–H and O–H groups in total. The molecule has 0 bridgehead atoms. The van der Waals surface area contributed by atoms with E-state index in [2.05, 4.69) is 10.1 Å². The summed E-state index contributed by atoms with van der Waals surface area (Å²) in [6.45, 7) is 3.70. The third kappa shape index (κ3) is 11.3. The van der Waals surface area contributed by atoms with Gasteiger partial charge in [-0.3, -0.25) is 14.4 Å². The van der Waals surface area contributed by atoms with Gasteiger partial charge in [-0.1, -0.05) is 0 Å². The molecule has 0 aromatic heterocycles. The summed E-state index contributed by atoms with van der Waals surface area (Å²) in [7, 11) is 1.20. The van der Waals surface area contributed by atoms with E-state index in [-0.39, 0.29) is 51.3 Å². The lowest BCUT2D eigenvalue weighted by atomic mass is 10.1. The largest absolute Gasteiger partial charge is 0.468 e. The summed E-state index contributed by atoms with van der Waals surface area (Å²) in [5.74, 6) is -2.19. The standard InChI is InChI=1S/C15H26N2O7.ClH/c1-4-23-13(19)9-7-11(15(21)24-5-2)17-12(18)8-6-10(16)14(20)22-3;/h10-11H,4-9,16H2,1-3H3,(H,17,18);1H. The molecule has 2 unspecified atom stereocenters. The van der Waals surface area contributed by atoms with Crippen molar-refractivity contribution in [3.8, 4) is 0 Å². The van der Waals surface area contributed by atoms with Crippen molar-refractivity contribution in [1.29, 1.82) is 0 Å². The van der Waals surface area contributed by atoms with Gasteiger partial charge in [-0.2, -0.15) is 0 Å². The number of amides is 1. The predicted molar refractivity (Wildman–Crippen MR) is 90.9 cm³/mol. The highest BCUT2D eigenvalue weighted by Crippen LogP contribution is 2.04. The van der Waals surface area contributed by atoms with Crippen molar-refractivity contribution in [3.05, 3.63) is 0 Å². The number of carbonyl (C=O) groups is 4. The van der Waals surface area contributed by atoms with Crippen molar-refractivity contribution in [2.45, 2.75) is 51.6 Å². The van der Waals surface area contributed by atoms with Gasteiger partial charge in [0.2, 0.25) is 5.91 Å². The maximum absolute atomic E-state index is 11.9. The van der Waals surface area contributed by atoms with Gasteiger partial charge in [0.1, 0.15) is 12.1 Å². The first-order valence-electron chi connectivity index (χ1n) is 7.80. The summed E-state index contributed by atoms with van der Waals surface area (Å²) in [5, 5.41) is 2.48. The number of nitrogens with one attached hydrogen (secondary N) is 1. The third-order valence-corrected chi connectivity index (χ3v) is 3.04. The average molecular weight is 383 g/mol. The van der Waals surface area contributed by atoms with Crippen LogP contribution in [0.1, 0.15) is 39.5 Å². The minimum absolute atomic E-state index is 0. The zero-order valence-corrected chi connectivity index (χ0v) is 15.6. The fourth-order valence-electron chi connectivity index (χ4n) is 1.81. The third-order valence-electron chi connectivity index (χ3n) is 3.04. The van der Waals surface area contributed by atoms with Crippen molar-refractivity contribution in [2.75, 3.05) is 20.3 Å². The molecule has 0 saturated heterocycles. The molecule has 0 fully saturated rings. The van der Waals surface area contributed by atoms with Crippen LogP contribution in [0.2, 0.25) is 0 Å². The van der Waals surface area contributed by atoms with Gasteiger partial charge in [-0.05, 0) is 26.7 Å². The molecule has 0 saturated carbocycles. The molecule has 9 nitrogen and oxygen atoms in total. The first kappa shape index (κ1) is 25.4. The molecule has 0 spiro atoms. The van der Waals surface area contributed by atoms with E-state index < -0.39 is 35.9 Å². The number of rotatable bonds is 11. The SMILES string of the molecule is CCOC(=O)CCC(NC(=O)CCC(N)C(=O)OC)C(=O)OCC.Cl. The van der Waals surface area contributed by atoms with Crippen LogP contribution in [-0.4, -0.2) is 56.2 Å².